The van der Waals surface area contributed by atoms with E-state index in [1.54, 1.807) is 6.92 Å². The summed E-state index contributed by atoms with van der Waals surface area (Å²) in [7, 11) is 0. The van der Waals surface area contributed by atoms with Crippen molar-refractivity contribution >= 4 is 5.97 Å². The van der Waals surface area contributed by atoms with Gasteiger partial charge in [0.15, 0.2) is 5.56 Å². The van der Waals surface area contributed by atoms with Gasteiger partial charge >= 0.3 is 5.97 Å². The summed E-state index contributed by atoms with van der Waals surface area (Å²) in [5.74, 6) is 0.297. The number of rotatable bonds is 9. The van der Waals surface area contributed by atoms with Gasteiger partial charge in [0.25, 0.3) is 0 Å². The standard InChI is InChI=1S/C28H31NO4/c1-2-31-28(30)26-25(33-24-16-10-5-11-17-24)19-23(18-21-12-6-3-7-13-21)29-27(26)32-20-22-14-8-4-9-15-22/h3-4,6-9,12-15,19,24H,2,5,10-11,16-18,20H2,1H3. The van der Waals surface area contributed by atoms with E-state index in [0.29, 0.717) is 18.8 Å². The lowest BCUT2D eigenvalue weighted by molar-refractivity contribution is 0.0509. The van der Waals surface area contributed by atoms with E-state index < -0.39 is 5.97 Å². The zero-order valence-corrected chi connectivity index (χ0v) is 19.2. The van der Waals surface area contributed by atoms with Crippen molar-refractivity contribution in [2.45, 2.75) is 58.2 Å². The molecule has 0 spiro atoms. The second kappa shape index (κ2) is 11.5. The van der Waals surface area contributed by atoms with Crippen molar-refractivity contribution in [3.05, 3.63) is 89.1 Å². The first-order valence-electron chi connectivity index (χ1n) is 11.8. The van der Waals surface area contributed by atoms with Crippen molar-refractivity contribution in [1.82, 2.24) is 4.98 Å². The number of carbonyl (C=O) groups is 1. The van der Waals surface area contributed by atoms with E-state index in [1.807, 2.05) is 54.6 Å². The Balaban J connectivity index is 1.70. The molecule has 1 fully saturated rings. The van der Waals surface area contributed by atoms with Crippen molar-refractivity contribution < 1.29 is 19.0 Å². The molecular formula is C28H31NO4. The quantitative estimate of drug-likeness (QED) is 0.370. The van der Waals surface area contributed by atoms with Crippen LogP contribution in [0.1, 0.15) is 66.2 Å². The van der Waals surface area contributed by atoms with Gasteiger partial charge in [0.2, 0.25) is 5.88 Å². The molecule has 33 heavy (non-hydrogen) atoms. The molecule has 5 nitrogen and oxygen atoms in total. The van der Waals surface area contributed by atoms with Crippen molar-refractivity contribution in [3.8, 4) is 11.6 Å². The van der Waals surface area contributed by atoms with Crippen LogP contribution in [0.2, 0.25) is 0 Å². The maximum Gasteiger partial charge on any atom is 0.347 e. The third-order valence-corrected chi connectivity index (χ3v) is 5.77. The topological polar surface area (TPSA) is 57.7 Å². The third kappa shape index (κ3) is 6.35. The summed E-state index contributed by atoms with van der Waals surface area (Å²) in [5.41, 5.74) is 3.20. The number of ether oxygens (including phenoxy) is 3. The predicted molar refractivity (Wildman–Crippen MR) is 128 cm³/mol. The molecule has 4 rings (SSSR count). The Labute approximate surface area is 195 Å². The smallest absolute Gasteiger partial charge is 0.347 e. The number of nitrogens with zero attached hydrogens (tertiary/aromatic N) is 1. The zero-order valence-electron chi connectivity index (χ0n) is 19.2. The van der Waals surface area contributed by atoms with Crippen LogP contribution >= 0.6 is 0 Å². The Morgan fingerprint density at radius 2 is 1.61 bits per heavy atom. The molecule has 172 valence electrons. The van der Waals surface area contributed by atoms with Crippen LogP contribution in [0.4, 0.5) is 0 Å². The van der Waals surface area contributed by atoms with E-state index in [-0.39, 0.29) is 24.2 Å². The van der Waals surface area contributed by atoms with Crippen molar-refractivity contribution in [3.63, 3.8) is 0 Å². The molecule has 0 bridgehead atoms. The van der Waals surface area contributed by atoms with Gasteiger partial charge in [-0.2, -0.15) is 0 Å². The van der Waals surface area contributed by atoms with Crippen LogP contribution in [0, 0.1) is 0 Å². The molecule has 0 atom stereocenters. The van der Waals surface area contributed by atoms with Crippen LogP contribution in [-0.2, 0) is 17.8 Å². The molecule has 1 heterocycles. The molecule has 3 aromatic rings. The first-order valence-corrected chi connectivity index (χ1v) is 11.8. The monoisotopic (exact) mass is 445 g/mol. The third-order valence-electron chi connectivity index (χ3n) is 5.77. The van der Waals surface area contributed by atoms with Crippen LogP contribution in [0.25, 0.3) is 0 Å². The summed E-state index contributed by atoms with van der Waals surface area (Å²) in [6.45, 7) is 2.37. The van der Waals surface area contributed by atoms with E-state index in [1.165, 1.54) is 6.42 Å². The van der Waals surface area contributed by atoms with E-state index in [2.05, 4.69) is 12.1 Å². The number of esters is 1. The Hall–Kier alpha value is -3.34. The summed E-state index contributed by atoms with van der Waals surface area (Å²) in [5, 5.41) is 0. The lowest BCUT2D eigenvalue weighted by Gasteiger charge is -2.25. The molecule has 5 heteroatoms. The van der Waals surface area contributed by atoms with Crippen LogP contribution in [0.5, 0.6) is 11.6 Å². The zero-order chi connectivity index (χ0) is 22.9. The summed E-state index contributed by atoms with van der Waals surface area (Å²) >= 11 is 0. The number of benzene rings is 2. The highest BCUT2D eigenvalue weighted by Crippen LogP contribution is 2.33. The minimum absolute atomic E-state index is 0.0841. The van der Waals surface area contributed by atoms with Gasteiger partial charge in [0.05, 0.1) is 18.4 Å². The van der Waals surface area contributed by atoms with Gasteiger partial charge in [-0.1, -0.05) is 67.1 Å². The van der Waals surface area contributed by atoms with Gasteiger partial charge in [-0.05, 0) is 43.7 Å². The predicted octanol–water partition coefficient (Wildman–Crippen LogP) is 6.14. The van der Waals surface area contributed by atoms with E-state index in [4.69, 9.17) is 19.2 Å². The molecule has 1 aliphatic carbocycles. The fraction of sp³-hybridized carbons (Fsp3) is 0.357. The first kappa shape index (κ1) is 22.8. The lowest BCUT2D eigenvalue weighted by Crippen LogP contribution is -2.22. The van der Waals surface area contributed by atoms with Gasteiger partial charge in [-0.25, -0.2) is 9.78 Å². The first-order chi connectivity index (χ1) is 16.2. The Bertz CT molecular complexity index is 1030. The van der Waals surface area contributed by atoms with Crippen LogP contribution in [-0.4, -0.2) is 23.7 Å². The van der Waals surface area contributed by atoms with Crippen LogP contribution < -0.4 is 9.47 Å². The van der Waals surface area contributed by atoms with Crippen molar-refractivity contribution in [2.24, 2.45) is 0 Å². The number of hydrogen-bond donors (Lipinski definition) is 0. The fourth-order valence-corrected chi connectivity index (χ4v) is 4.12. The Morgan fingerprint density at radius 3 is 2.27 bits per heavy atom. The molecule has 1 aliphatic rings. The number of hydrogen-bond acceptors (Lipinski definition) is 5. The lowest BCUT2D eigenvalue weighted by atomic mass is 9.97. The summed E-state index contributed by atoms with van der Waals surface area (Å²) in [6.07, 6.45) is 6.17. The molecule has 1 aromatic heterocycles. The molecule has 0 amide bonds. The highest BCUT2D eigenvalue weighted by atomic mass is 16.5. The second-order valence-corrected chi connectivity index (χ2v) is 8.33. The maximum atomic E-state index is 13.0. The minimum Gasteiger partial charge on any atom is -0.489 e. The Kier molecular flexibility index (Phi) is 7.96. The SMILES string of the molecule is CCOC(=O)c1c(OC2CCCCC2)cc(Cc2ccccc2)nc1OCc1ccccc1. The van der Waals surface area contributed by atoms with Crippen LogP contribution in [0.15, 0.2) is 66.7 Å². The number of aromatic nitrogens is 1. The highest BCUT2D eigenvalue weighted by molar-refractivity contribution is 5.95. The van der Waals surface area contributed by atoms with E-state index >= 15 is 0 Å². The van der Waals surface area contributed by atoms with Crippen molar-refractivity contribution in [1.29, 1.82) is 0 Å². The van der Waals surface area contributed by atoms with Gasteiger partial charge in [-0.3, -0.25) is 0 Å². The summed E-state index contributed by atoms with van der Waals surface area (Å²) < 4.78 is 17.9. The minimum atomic E-state index is -0.467. The van der Waals surface area contributed by atoms with E-state index in [0.717, 1.165) is 42.5 Å². The van der Waals surface area contributed by atoms with Crippen LogP contribution in [0.3, 0.4) is 0 Å². The molecule has 1 saturated carbocycles. The summed E-state index contributed by atoms with van der Waals surface area (Å²) in [4.78, 5) is 17.7. The molecular weight excluding hydrogens is 414 g/mol. The average molecular weight is 446 g/mol. The van der Waals surface area contributed by atoms with Crippen molar-refractivity contribution in [2.75, 3.05) is 6.61 Å². The van der Waals surface area contributed by atoms with Gasteiger partial charge in [0, 0.05) is 12.5 Å². The molecule has 0 unspecified atom stereocenters. The number of pyridine rings is 1. The number of carbonyl (C=O) groups excluding carboxylic acids is 1. The molecule has 2 aromatic carbocycles. The Morgan fingerprint density at radius 1 is 0.939 bits per heavy atom. The molecule has 0 aliphatic heterocycles. The fourth-order valence-electron chi connectivity index (χ4n) is 4.12. The highest BCUT2D eigenvalue weighted by Gasteiger charge is 2.26. The maximum absolute atomic E-state index is 13.0. The van der Waals surface area contributed by atoms with E-state index in [9.17, 15) is 4.79 Å². The largest absolute Gasteiger partial charge is 0.489 e. The molecule has 0 saturated heterocycles. The van der Waals surface area contributed by atoms with Gasteiger partial charge in [0.1, 0.15) is 12.4 Å². The average Bonchev–Trinajstić information content (AvgIpc) is 2.85. The molecule has 0 N–H and O–H groups in total. The second-order valence-electron chi connectivity index (χ2n) is 8.33. The van der Waals surface area contributed by atoms with Gasteiger partial charge < -0.3 is 14.2 Å². The van der Waals surface area contributed by atoms with Gasteiger partial charge in [-0.15, -0.1) is 0 Å². The summed E-state index contributed by atoms with van der Waals surface area (Å²) in [6, 6.07) is 21.9. The normalized spacial score (nSPS) is 14.0. The molecule has 0 radical (unpaired) electrons.